The second kappa shape index (κ2) is 6.08. The molecule has 2 bridgehead atoms. The lowest BCUT2D eigenvalue weighted by molar-refractivity contribution is -0.129. The Balaban J connectivity index is 1.59. The number of hydrogen-bond acceptors (Lipinski definition) is 2. The molecule has 0 spiro atoms. The largest absolute Gasteiger partial charge is 0.481 e. The fraction of sp³-hybridized carbons (Fsp3) is 0.611. The molecule has 1 amide bonds. The van der Waals surface area contributed by atoms with Crippen LogP contribution in [-0.2, 0) is 4.79 Å². The first-order valence-corrected chi connectivity index (χ1v) is 8.19. The lowest BCUT2D eigenvalue weighted by Gasteiger charge is -2.25. The van der Waals surface area contributed by atoms with Crippen molar-refractivity contribution < 1.29 is 9.53 Å². The molecule has 2 aliphatic rings. The van der Waals surface area contributed by atoms with E-state index in [-0.39, 0.29) is 12.0 Å². The summed E-state index contributed by atoms with van der Waals surface area (Å²) in [5.74, 6) is 2.38. The van der Waals surface area contributed by atoms with Gasteiger partial charge in [-0.15, -0.1) is 0 Å². The SMILES string of the molecule is CC[C@H](Oc1cccc(C)c1)C(=O)N[C@H]1C[C@@H]2CC[C@@H]1C2. The second-order valence-corrected chi connectivity index (χ2v) is 6.62. The minimum absolute atomic E-state index is 0.0524. The fourth-order valence-corrected chi connectivity index (χ4v) is 3.87. The van der Waals surface area contributed by atoms with Crippen molar-refractivity contribution in [2.24, 2.45) is 11.8 Å². The molecular formula is C18H25NO2. The van der Waals surface area contributed by atoms with E-state index in [2.05, 4.69) is 5.32 Å². The number of ether oxygens (including phenoxy) is 1. The Labute approximate surface area is 127 Å². The predicted octanol–water partition coefficient (Wildman–Crippen LogP) is 3.46. The quantitative estimate of drug-likeness (QED) is 0.900. The number of fused-ring (bicyclic) bond motifs is 2. The van der Waals surface area contributed by atoms with Gasteiger partial charge in [0.15, 0.2) is 6.10 Å². The van der Waals surface area contributed by atoms with Gasteiger partial charge in [-0.05, 0) is 62.1 Å². The summed E-state index contributed by atoms with van der Waals surface area (Å²) in [5, 5.41) is 3.23. The van der Waals surface area contributed by atoms with E-state index in [4.69, 9.17) is 4.74 Å². The summed E-state index contributed by atoms with van der Waals surface area (Å²) in [4.78, 5) is 12.5. The van der Waals surface area contributed by atoms with Gasteiger partial charge in [-0.1, -0.05) is 25.5 Å². The first-order chi connectivity index (χ1) is 10.2. The number of nitrogens with one attached hydrogen (secondary N) is 1. The highest BCUT2D eigenvalue weighted by Gasteiger charge is 2.40. The molecular weight excluding hydrogens is 262 g/mol. The van der Waals surface area contributed by atoms with Gasteiger partial charge < -0.3 is 10.1 Å². The van der Waals surface area contributed by atoms with Gasteiger partial charge in [-0.3, -0.25) is 4.79 Å². The monoisotopic (exact) mass is 287 g/mol. The van der Waals surface area contributed by atoms with Gasteiger partial charge in [0.25, 0.3) is 5.91 Å². The number of aryl methyl sites for hydroxylation is 1. The Bertz CT molecular complexity index is 514. The highest BCUT2D eigenvalue weighted by molar-refractivity contribution is 5.81. The van der Waals surface area contributed by atoms with E-state index < -0.39 is 0 Å². The van der Waals surface area contributed by atoms with Crippen molar-refractivity contribution >= 4 is 5.91 Å². The molecule has 0 aliphatic heterocycles. The van der Waals surface area contributed by atoms with E-state index >= 15 is 0 Å². The van der Waals surface area contributed by atoms with E-state index in [1.807, 2.05) is 38.1 Å². The van der Waals surface area contributed by atoms with Crippen LogP contribution < -0.4 is 10.1 Å². The third-order valence-corrected chi connectivity index (χ3v) is 5.00. The zero-order valence-corrected chi connectivity index (χ0v) is 13.0. The van der Waals surface area contributed by atoms with Crippen LogP contribution in [0.4, 0.5) is 0 Å². The average Bonchev–Trinajstić information content (AvgIpc) is 3.07. The first kappa shape index (κ1) is 14.4. The van der Waals surface area contributed by atoms with Gasteiger partial charge in [0.05, 0.1) is 0 Å². The molecule has 21 heavy (non-hydrogen) atoms. The molecule has 3 nitrogen and oxygen atoms in total. The van der Waals surface area contributed by atoms with Crippen molar-refractivity contribution in [3.8, 4) is 5.75 Å². The highest BCUT2D eigenvalue weighted by Crippen LogP contribution is 2.44. The molecule has 2 aliphatic carbocycles. The fourth-order valence-electron chi connectivity index (χ4n) is 3.87. The Morgan fingerprint density at radius 2 is 2.24 bits per heavy atom. The number of carbonyl (C=O) groups excluding carboxylic acids is 1. The molecule has 4 atom stereocenters. The number of amides is 1. The van der Waals surface area contributed by atoms with Gasteiger partial charge >= 0.3 is 0 Å². The summed E-state index contributed by atoms with van der Waals surface area (Å²) in [5.41, 5.74) is 1.15. The number of carbonyl (C=O) groups is 1. The van der Waals surface area contributed by atoms with Crippen LogP contribution in [0, 0.1) is 18.8 Å². The van der Waals surface area contributed by atoms with Gasteiger partial charge in [0, 0.05) is 6.04 Å². The maximum absolute atomic E-state index is 12.5. The van der Waals surface area contributed by atoms with E-state index in [1.165, 1.54) is 19.3 Å². The molecule has 1 aromatic carbocycles. The molecule has 0 radical (unpaired) electrons. The summed E-state index contributed by atoms with van der Waals surface area (Å²) in [6, 6.07) is 8.27. The van der Waals surface area contributed by atoms with Crippen LogP contribution in [0.2, 0.25) is 0 Å². The number of hydrogen-bond donors (Lipinski definition) is 1. The van der Waals surface area contributed by atoms with Crippen LogP contribution in [0.1, 0.15) is 44.6 Å². The van der Waals surface area contributed by atoms with Crippen LogP contribution in [0.5, 0.6) is 5.75 Å². The molecule has 114 valence electrons. The lowest BCUT2D eigenvalue weighted by Crippen LogP contribution is -2.45. The van der Waals surface area contributed by atoms with Crippen molar-refractivity contribution in [3.63, 3.8) is 0 Å². The Morgan fingerprint density at radius 3 is 2.86 bits per heavy atom. The van der Waals surface area contributed by atoms with Crippen LogP contribution in [0.15, 0.2) is 24.3 Å². The molecule has 0 unspecified atom stereocenters. The zero-order chi connectivity index (χ0) is 14.8. The van der Waals surface area contributed by atoms with Crippen LogP contribution in [0.3, 0.4) is 0 Å². The topological polar surface area (TPSA) is 38.3 Å². The summed E-state index contributed by atoms with van der Waals surface area (Å²) < 4.78 is 5.88. The van der Waals surface area contributed by atoms with Crippen molar-refractivity contribution in [2.45, 2.75) is 58.1 Å². The second-order valence-electron chi connectivity index (χ2n) is 6.62. The van der Waals surface area contributed by atoms with Gasteiger partial charge in [-0.25, -0.2) is 0 Å². The summed E-state index contributed by atoms with van der Waals surface area (Å²) in [7, 11) is 0. The summed E-state index contributed by atoms with van der Waals surface area (Å²) >= 11 is 0. The number of rotatable bonds is 5. The molecule has 0 aromatic heterocycles. The Hall–Kier alpha value is -1.51. The van der Waals surface area contributed by atoms with Crippen molar-refractivity contribution in [1.82, 2.24) is 5.32 Å². The van der Waals surface area contributed by atoms with Crippen LogP contribution >= 0.6 is 0 Å². The lowest BCUT2D eigenvalue weighted by atomic mass is 9.95. The smallest absolute Gasteiger partial charge is 0.261 e. The normalized spacial score (nSPS) is 28.4. The highest BCUT2D eigenvalue weighted by atomic mass is 16.5. The molecule has 0 saturated heterocycles. The Kier molecular flexibility index (Phi) is 4.18. The standard InChI is InChI=1S/C18H25NO2/c1-3-17(21-15-6-4-5-12(2)9-15)18(20)19-16-11-13-7-8-14(16)10-13/h4-6,9,13-14,16-17H,3,7-8,10-11H2,1-2H3,(H,19,20)/t13-,14-,16+,17+/m1/s1. The van der Waals surface area contributed by atoms with Crippen molar-refractivity contribution in [1.29, 1.82) is 0 Å². The molecule has 3 heteroatoms. The van der Waals surface area contributed by atoms with Gasteiger partial charge in [-0.2, -0.15) is 0 Å². The third kappa shape index (κ3) is 3.22. The Morgan fingerprint density at radius 1 is 1.38 bits per heavy atom. The molecule has 1 N–H and O–H groups in total. The van der Waals surface area contributed by atoms with Crippen molar-refractivity contribution in [3.05, 3.63) is 29.8 Å². The number of benzene rings is 1. The molecule has 2 saturated carbocycles. The molecule has 2 fully saturated rings. The van der Waals surface area contributed by atoms with Gasteiger partial charge in [0.1, 0.15) is 5.75 Å². The average molecular weight is 287 g/mol. The van der Waals surface area contributed by atoms with E-state index in [0.717, 1.165) is 23.7 Å². The minimum Gasteiger partial charge on any atom is -0.481 e. The van der Waals surface area contributed by atoms with Crippen LogP contribution in [0.25, 0.3) is 0 Å². The van der Waals surface area contributed by atoms with E-state index in [0.29, 0.717) is 18.4 Å². The zero-order valence-electron chi connectivity index (χ0n) is 13.0. The molecule has 1 aromatic rings. The maximum atomic E-state index is 12.5. The molecule has 3 rings (SSSR count). The van der Waals surface area contributed by atoms with Gasteiger partial charge in [0.2, 0.25) is 0 Å². The van der Waals surface area contributed by atoms with Crippen LogP contribution in [-0.4, -0.2) is 18.1 Å². The molecule has 0 heterocycles. The third-order valence-electron chi connectivity index (χ3n) is 5.00. The first-order valence-electron chi connectivity index (χ1n) is 8.19. The summed E-state index contributed by atoms with van der Waals surface area (Å²) in [6.45, 7) is 4.03. The summed E-state index contributed by atoms with van der Waals surface area (Å²) in [6.07, 6.45) is 5.42. The van der Waals surface area contributed by atoms with E-state index in [1.54, 1.807) is 0 Å². The van der Waals surface area contributed by atoms with Crippen molar-refractivity contribution in [2.75, 3.05) is 0 Å². The van der Waals surface area contributed by atoms with E-state index in [9.17, 15) is 4.79 Å². The minimum atomic E-state index is -0.383. The predicted molar refractivity (Wildman–Crippen MR) is 83.3 cm³/mol. The maximum Gasteiger partial charge on any atom is 0.261 e.